The predicted molar refractivity (Wildman–Crippen MR) is 55.7 cm³/mol. The number of nitrogens with two attached hydrogens (primary N) is 1. The molecule has 2 aliphatic rings. The summed E-state index contributed by atoms with van der Waals surface area (Å²) in [4.78, 5) is 2.63. The molecule has 0 aromatic rings. The van der Waals surface area contributed by atoms with Gasteiger partial charge in [0.05, 0.1) is 0 Å². The van der Waals surface area contributed by atoms with Crippen molar-refractivity contribution in [2.24, 2.45) is 5.73 Å². The zero-order chi connectivity index (χ0) is 9.10. The maximum absolute atomic E-state index is 5.93. The lowest BCUT2D eigenvalue weighted by Gasteiger charge is -2.26. The first-order valence-electron chi connectivity index (χ1n) is 5.86. The van der Waals surface area contributed by atoms with E-state index in [1.165, 1.54) is 51.5 Å². The number of likely N-dealkylation sites (tertiary alicyclic amines) is 1. The average Bonchev–Trinajstić information content (AvgIpc) is 2.43. The van der Waals surface area contributed by atoms with Gasteiger partial charge >= 0.3 is 0 Å². The molecular formula is C11H22N2. The normalized spacial score (nSPS) is 33.5. The first kappa shape index (κ1) is 9.47. The van der Waals surface area contributed by atoms with E-state index in [0.717, 1.165) is 12.6 Å². The summed E-state index contributed by atoms with van der Waals surface area (Å²) in [6.07, 6.45) is 9.86. The monoisotopic (exact) mass is 182 g/mol. The van der Waals surface area contributed by atoms with E-state index in [0.29, 0.717) is 6.04 Å². The highest BCUT2D eigenvalue weighted by atomic mass is 15.2. The fourth-order valence-electron chi connectivity index (χ4n) is 2.77. The van der Waals surface area contributed by atoms with E-state index in [9.17, 15) is 0 Å². The van der Waals surface area contributed by atoms with Gasteiger partial charge in [-0.05, 0) is 19.3 Å². The summed E-state index contributed by atoms with van der Waals surface area (Å²) < 4.78 is 0. The van der Waals surface area contributed by atoms with Crippen LogP contribution in [-0.4, -0.2) is 30.1 Å². The predicted octanol–water partition coefficient (Wildman–Crippen LogP) is 1.74. The van der Waals surface area contributed by atoms with E-state index in [-0.39, 0.29) is 0 Å². The average molecular weight is 182 g/mol. The van der Waals surface area contributed by atoms with E-state index in [1.54, 1.807) is 0 Å². The zero-order valence-corrected chi connectivity index (χ0v) is 8.54. The van der Waals surface area contributed by atoms with E-state index in [2.05, 4.69) is 4.90 Å². The smallest absolute Gasteiger partial charge is 0.0180 e. The van der Waals surface area contributed by atoms with E-state index in [4.69, 9.17) is 5.73 Å². The molecule has 1 aliphatic carbocycles. The van der Waals surface area contributed by atoms with Crippen LogP contribution in [0.25, 0.3) is 0 Å². The van der Waals surface area contributed by atoms with Crippen molar-refractivity contribution in [2.75, 3.05) is 13.1 Å². The Morgan fingerprint density at radius 1 is 0.923 bits per heavy atom. The van der Waals surface area contributed by atoms with Crippen LogP contribution in [0.4, 0.5) is 0 Å². The number of nitrogens with zero attached hydrogens (tertiary/aromatic N) is 1. The molecule has 0 amide bonds. The molecular weight excluding hydrogens is 160 g/mol. The van der Waals surface area contributed by atoms with Crippen LogP contribution in [0.1, 0.15) is 44.9 Å². The van der Waals surface area contributed by atoms with Crippen LogP contribution < -0.4 is 5.73 Å². The maximum atomic E-state index is 5.93. The second-order valence-electron chi connectivity index (χ2n) is 4.69. The minimum absolute atomic E-state index is 0.461. The Balaban J connectivity index is 1.84. The SMILES string of the molecule is NC1CCN(C2CCCCCC2)C1. The molecule has 0 aromatic heterocycles. The molecule has 2 rings (SSSR count). The molecule has 1 aliphatic heterocycles. The molecule has 13 heavy (non-hydrogen) atoms. The molecule has 1 saturated heterocycles. The van der Waals surface area contributed by atoms with Gasteiger partial charge in [0.2, 0.25) is 0 Å². The number of hydrogen-bond acceptors (Lipinski definition) is 2. The van der Waals surface area contributed by atoms with Gasteiger partial charge in [-0.15, -0.1) is 0 Å². The van der Waals surface area contributed by atoms with E-state index < -0.39 is 0 Å². The molecule has 1 unspecified atom stereocenters. The van der Waals surface area contributed by atoms with Crippen molar-refractivity contribution in [1.29, 1.82) is 0 Å². The van der Waals surface area contributed by atoms with Crippen LogP contribution in [0.3, 0.4) is 0 Å². The molecule has 1 heterocycles. The third-order valence-electron chi connectivity index (χ3n) is 3.60. The summed E-state index contributed by atoms with van der Waals surface area (Å²) in [5, 5.41) is 0. The Hall–Kier alpha value is -0.0800. The summed E-state index contributed by atoms with van der Waals surface area (Å²) in [6.45, 7) is 2.41. The highest BCUT2D eigenvalue weighted by Gasteiger charge is 2.26. The first-order valence-corrected chi connectivity index (χ1v) is 5.86. The summed E-state index contributed by atoms with van der Waals surface area (Å²) in [6, 6.07) is 1.33. The standard InChI is InChI=1S/C11H22N2/c12-10-7-8-13(9-10)11-5-3-1-2-4-6-11/h10-11H,1-9,12H2. The van der Waals surface area contributed by atoms with Gasteiger partial charge in [0.25, 0.3) is 0 Å². The minimum atomic E-state index is 0.461. The Bertz CT molecular complexity index is 150. The van der Waals surface area contributed by atoms with Gasteiger partial charge in [-0.1, -0.05) is 25.7 Å². The van der Waals surface area contributed by atoms with Crippen LogP contribution in [0.5, 0.6) is 0 Å². The Kier molecular flexibility index (Phi) is 3.23. The van der Waals surface area contributed by atoms with Gasteiger partial charge in [0.15, 0.2) is 0 Å². The van der Waals surface area contributed by atoms with Gasteiger partial charge in [0, 0.05) is 25.2 Å². The van der Waals surface area contributed by atoms with Crippen molar-refractivity contribution in [3.8, 4) is 0 Å². The van der Waals surface area contributed by atoms with Crippen molar-refractivity contribution in [2.45, 2.75) is 57.0 Å². The lowest BCUT2D eigenvalue weighted by Crippen LogP contribution is -2.35. The Morgan fingerprint density at radius 3 is 2.15 bits per heavy atom. The fourth-order valence-corrected chi connectivity index (χ4v) is 2.77. The minimum Gasteiger partial charge on any atom is -0.326 e. The van der Waals surface area contributed by atoms with Crippen LogP contribution in [-0.2, 0) is 0 Å². The lowest BCUT2D eigenvalue weighted by molar-refractivity contribution is 0.219. The highest BCUT2D eigenvalue weighted by Crippen LogP contribution is 2.24. The third kappa shape index (κ3) is 2.44. The van der Waals surface area contributed by atoms with E-state index >= 15 is 0 Å². The van der Waals surface area contributed by atoms with Crippen molar-refractivity contribution < 1.29 is 0 Å². The van der Waals surface area contributed by atoms with Gasteiger partial charge in [-0.25, -0.2) is 0 Å². The quantitative estimate of drug-likeness (QED) is 0.626. The fraction of sp³-hybridized carbons (Fsp3) is 1.00. The first-order chi connectivity index (χ1) is 6.36. The molecule has 2 fully saturated rings. The number of hydrogen-bond donors (Lipinski definition) is 1. The molecule has 1 saturated carbocycles. The molecule has 1 atom stereocenters. The third-order valence-corrected chi connectivity index (χ3v) is 3.60. The summed E-state index contributed by atoms with van der Waals surface area (Å²) >= 11 is 0. The molecule has 2 N–H and O–H groups in total. The van der Waals surface area contributed by atoms with Crippen molar-refractivity contribution in [3.63, 3.8) is 0 Å². The largest absolute Gasteiger partial charge is 0.326 e. The number of rotatable bonds is 1. The van der Waals surface area contributed by atoms with Gasteiger partial charge in [0.1, 0.15) is 0 Å². The van der Waals surface area contributed by atoms with Gasteiger partial charge in [-0.2, -0.15) is 0 Å². The zero-order valence-electron chi connectivity index (χ0n) is 8.54. The summed E-state index contributed by atoms with van der Waals surface area (Å²) in [5.41, 5.74) is 5.93. The van der Waals surface area contributed by atoms with Crippen molar-refractivity contribution >= 4 is 0 Å². The summed E-state index contributed by atoms with van der Waals surface area (Å²) in [5.74, 6) is 0. The maximum Gasteiger partial charge on any atom is 0.0180 e. The molecule has 0 aromatic carbocycles. The van der Waals surface area contributed by atoms with Crippen LogP contribution >= 0.6 is 0 Å². The topological polar surface area (TPSA) is 29.3 Å². The highest BCUT2D eigenvalue weighted by molar-refractivity contribution is 4.84. The van der Waals surface area contributed by atoms with Crippen LogP contribution in [0, 0.1) is 0 Å². The second kappa shape index (κ2) is 4.43. The van der Waals surface area contributed by atoms with Crippen LogP contribution in [0.2, 0.25) is 0 Å². The van der Waals surface area contributed by atoms with Crippen molar-refractivity contribution in [1.82, 2.24) is 4.90 Å². The second-order valence-corrected chi connectivity index (χ2v) is 4.69. The molecule has 0 spiro atoms. The van der Waals surface area contributed by atoms with Gasteiger partial charge in [-0.3, -0.25) is 4.90 Å². The molecule has 0 bridgehead atoms. The molecule has 0 radical (unpaired) electrons. The summed E-state index contributed by atoms with van der Waals surface area (Å²) in [7, 11) is 0. The molecule has 2 nitrogen and oxygen atoms in total. The van der Waals surface area contributed by atoms with Gasteiger partial charge < -0.3 is 5.73 Å². The lowest BCUT2D eigenvalue weighted by atomic mass is 10.1. The van der Waals surface area contributed by atoms with Crippen molar-refractivity contribution in [3.05, 3.63) is 0 Å². The van der Waals surface area contributed by atoms with Crippen LogP contribution in [0.15, 0.2) is 0 Å². The Morgan fingerprint density at radius 2 is 1.62 bits per heavy atom. The Labute approximate surface area is 81.5 Å². The van der Waals surface area contributed by atoms with E-state index in [1.807, 2.05) is 0 Å². The molecule has 76 valence electrons. The molecule has 2 heteroatoms.